The number of rotatable bonds is 4. The number of esters is 2. The van der Waals surface area contributed by atoms with Gasteiger partial charge in [-0.1, -0.05) is 30.8 Å². The van der Waals surface area contributed by atoms with Crippen molar-refractivity contribution in [1.82, 2.24) is 0 Å². The van der Waals surface area contributed by atoms with Crippen LogP contribution in [0.1, 0.15) is 33.2 Å². The number of carbonyl (C=O) groups is 3. The Kier molecular flexibility index (Phi) is 4.69. The molecule has 2 aromatic rings. The third-order valence-corrected chi connectivity index (χ3v) is 3.69. The monoisotopic (exact) mass is 328 g/mol. The molecule has 0 aromatic heterocycles. The van der Waals surface area contributed by atoms with Crippen molar-refractivity contribution in [3.8, 4) is 5.75 Å². The zero-order chi connectivity index (χ0) is 18.0. The highest BCUT2D eigenvalue weighted by molar-refractivity contribution is 6.27. The summed E-state index contributed by atoms with van der Waals surface area (Å²) >= 11 is 0. The van der Waals surface area contributed by atoms with E-state index in [2.05, 4.69) is 11.3 Å². The van der Waals surface area contributed by atoms with Crippen molar-refractivity contribution in [3.05, 3.63) is 47.5 Å². The molecule has 6 nitrogen and oxygen atoms in total. The maximum atomic E-state index is 12.3. The van der Waals surface area contributed by atoms with Gasteiger partial charge in [0.05, 0.1) is 19.8 Å². The second-order valence-electron chi connectivity index (χ2n) is 5.04. The van der Waals surface area contributed by atoms with E-state index >= 15 is 0 Å². The normalized spacial score (nSPS) is 10.3. The minimum Gasteiger partial charge on any atom is -0.506 e. The summed E-state index contributed by atoms with van der Waals surface area (Å²) in [5, 5.41) is 11.2. The minimum absolute atomic E-state index is 0.0248. The molecule has 2 aromatic carbocycles. The fourth-order valence-electron chi connectivity index (χ4n) is 2.52. The number of ether oxygens (including phenoxy) is 2. The molecule has 0 saturated carbocycles. The van der Waals surface area contributed by atoms with Crippen LogP contribution in [-0.2, 0) is 14.3 Å². The van der Waals surface area contributed by atoms with Crippen LogP contribution in [0.4, 0.5) is 0 Å². The van der Waals surface area contributed by atoms with Gasteiger partial charge in [-0.25, -0.2) is 9.59 Å². The van der Waals surface area contributed by atoms with E-state index in [0.29, 0.717) is 10.8 Å². The van der Waals surface area contributed by atoms with Crippen molar-refractivity contribution >= 4 is 34.1 Å². The lowest BCUT2D eigenvalue weighted by Gasteiger charge is -2.17. The fourth-order valence-corrected chi connectivity index (χ4v) is 2.52. The van der Waals surface area contributed by atoms with Crippen molar-refractivity contribution in [2.45, 2.75) is 6.92 Å². The summed E-state index contributed by atoms with van der Waals surface area (Å²) in [5.74, 6) is -2.60. The molecule has 0 atom stereocenters. The number of aromatic hydroxyl groups is 1. The largest absolute Gasteiger partial charge is 0.506 e. The van der Waals surface area contributed by atoms with E-state index in [-0.39, 0.29) is 28.0 Å². The number of allylic oxidation sites excluding steroid dienone is 1. The van der Waals surface area contributed by atoms with Crippen LogP contribution < -0.4 is 0 Å². The van der Waals surface area contributed by atoms with E-state index in [1.54, 1.807) is 24.3 Å². The van der Waals surface area contributed by atoms with Crippen molar-refractivity contribution < 1.29 is 29.0 Å². The number of Topliss-reactive ketones (excluding diaryl/α,β-unsaturated/α-hetero) is 1. The van der Waals surface area contributed by atoms with E-state index in [0.717, 1.165) is 14.2 Å². The van der Waals surface area contributed by atoms with E-state index in [1.807, 2.05) is 0 Å². The van der Waals surface area contributed by atoms with Gasteiger partial charge in [-0.15, -0.1) is 0 Å². The Morgan fingerprint density at radius 3 is 1.92 bits per heavy atom. The number of carbonyl (C=O) groups excluding carboxylic acids is 3. The first-order valence-corrected chi connectivity index (χ1v) is 6.99. The number of hydrogen-bond donors (Lipinski definition) is 1. The first-order valence-electron chi connectivity index (χ1n) is 6.99. The van der Waals surface area contributed by atoms with Gasteiger partial charge >= 0.3 is 11.9 Å². The molecular formula is C18H16O6. The zero-order valence-corrected chi connectivity index (χ0v) is 13.5. The summed E-state index contributed by atoms with van der Waals surface area (Å²) in [5.41, 5.74) is -0.443. The predicted octanol–water partition coefficient (Wildman–Crippen LogP) is 2.72. The molecule has 0 unspecified atom stereocenters. The molecule has 1 N–H and O–H groups in total. The van der Waals surface area contributed by atoms with Crippen LogP contribution in [0, 0.1) is 0 Å². The number of benzene rings is 2. The van der Waals surface area contributed by atoms with E-state index in [1.165, 1.54) is 6.92 Å². The molecule has 24 heavy (non-hydrogen) atoms. The fraction of sp³-hybridized carbons (Fsp3) is 0.167. The number of methoxy groups -OCH3 is 2. The van der Waals surface area contributed by atoms with Gasteiger partial charge in [-0.05, 0) is 12.3 Å². The SMILES string of the molecule is C=C(C(C)=O)c1c(C(=O)OC)c(C(=O)OC)c(O)c2ccccc12. The Balaban J connectivity index is 3.12. The van der Waals surface area contributed by atoms with Crippen LogP contribution in [0.3, 0.4) is 0 Å². The van der Waals surface area contributed by atoms with Crippen LogP contribution in [0.25, 0.3) is 16.3 Å². The van der Waals surface area contributed by atoms with Crippen molar-refractivity contribution in [3.63, 3.8) is 0 Å². The minimum atomic E-state index is -0.920. The molecule has 0 aliphatic rings. The second kappa shape index (κ2) is 6.54. The number of hydrogen-bond acceptors (Lipinski definition) is 6. The van der Waals surface area contributed by atoms with Crippen molar-refractivity contribution in [1.29, 1.82) is 0 Å². The van der Waals surface area contributed by atoms with E-state index < -0.39 is 17.7 Å². The Morgan fingerprint density at radius 2 is 1.42 bits per heavy atom. The Morgan fingerprint density at radius 1 is 0.917 bits per heavy atom. The average molecular weight is 328 g/mol. The highest BCUT2D eigenvalue weighted by atomic mass is 16.5. The molecule has 0 saturated heterocycles. The maximum absolute atomic E-state index is 12.3. The Bertz CT molecular complexity index is 879. The summed E-state index contributed by atoms with van der Waals surface area (Å²) in [6.07, 6.45) is 0. The molecule has 0 bridgehead atoms. The number of phenols is 1. The molecule has 124 valence electrons. The van der Waals surface area contributed by atoms with Crippen molar-refractivity contribution in [2.75, 3.05) is 14.2 Å². The lowest BCUT2D eigenvalue weighted by atomic mass is 9.88. The van der Waals surface area contributed by atoms with E-state index in [4.69, 9.17) is 4.74 Å². The van der Waals surface area contributed by atoms with Gasteiger partial charge in [-0.3, -0.25) is 4.79 Å². The van der Waals surface area contributed by atoms with Gasteiger partial charge in [0.1, 0.15) is 11.3 Å². The standard InChI is InChI=1S/C18H16O6/c1-9(10(2)19)13-11-7-5-6-8-12(11)16(20)15(18(22)24-4)14(13)17(21)23-3/h5-8,20H,1H2,2-4H3. The first-order chi connectivity index (χ1) is 11.3. The summed E-state index contributed by atoms with van der Waals surface area (Å²) in [7, 11) is 2.26. The number of phenolic OH excluding ortho intramolecular Hbond substituents is 1. The summed E-state index contributed by atoms with van der Waals surface area (Å²) < 4.78 is 9.41. The molecule has 0 heterocycles. The molecule has 0 amide bonds. The summed E-state index contributed by atoms with van der Waals surface area (Å²) in [4.78, 5) is 36.3. The van der Waals surface area contributed by atoms with Crippen LogP contribution >= 0.6 is 0 Å². The van der Waals surface area contributed by atoms with Gasteiger partial charge < -0.3 is 14.6 Å². The highest BCUT2D eigenvalue weighted by Crippen LogP contribution is 2.39. The molecule has 6 heteroatoms. The molecule has 0 fully saturated rings. The van der Waals surface area contributed by atoms with Gasteiger partial charge in [0, 0.05) is 16.5 Å². The maximum Gasteiger partial charge on any atom is 0.342 e. The molecule has 0 aliphatic heterocycles. The number of ketones is 1. The van der Waals surface area contributed by atoms with Crippen LogP contribution in [0.2, 0.25) is 0 Å². The Labute approximate surface area is 138 Å². The lowest BCUT2D eigenvalue weighted by Crippen LogP contribution is -2.16. The van der Waals surface area contributed by atoms with Gasteiger partial charge in [-0.2, -0.15) is 0 Å². The van der Waals surface area contributed by atoms with Crippen LogP contribution in [0.15, 0.2) is 30.8 Å². The number of fused-ring (bicyclic) bond motifs is 1. The highest BCUT2D eigenvalue weighted by Gasteiger charge is 2.31. The molecule has 2 rings (SSSR count). The topological polar surface area (TPSA) is 89.9 Å². The predicted molar refractivity (Wildman–Crippen MR) is 88.0 cm³/mol. The Hall–Kier alpha value is -3.15. The molecular weight excluding hydrogens is 312 g/mol. The second-order valence-corrected chi connectivity index (χ2v) is 5.04. The van der Waals surface area contributed by atoms with Crippen LogP contribution in [0.5, 0.6) is 5.75 Å². The van der Waals surface area contributed by atoms with Crippen LogP contribution in [-0.4, -0.2) is 37.0 Å². The molecule has 0 radical (unpaired) electrons. The quantitative estimate of drug-likeness (QED) is 0.685. The summed E-state index contributed by atoms with van der Waals surface area (Å²) in [6, 6.07) is 6.51. The first kappa shape index (κ1) is 17.2. The van der Waals surface area contributed by atoms with Gasteiger partial charge in [0.2, 0.25) is 0 Å². The average Bonchev–Trinajstić information content (AvgIpc) is 2.59. The van der Waals surface area contributed by atoms with Crippen molar-refractivity contribution in [2.24, 2.45) is 0 Å². The molecule has 0 aliphatic carbocycles. The molecule has 0 spiro atoms. The van der Waals surface area contributed by atoms with Gasteiger partial charge in [0.25, 0.3) is 0 Å². The zero-order valence-electron chi connectivity index (χ0n) is 13.5. The van der Waals surface area contributed by atoms with E-state index in [9.17, 15) is 19.5 Å². The lowest BCUT2D eigenvalue weighted by molar-refractivity contribution is -0.111. The summed E-state index contributed by atoms with van der Waals surface area (Å²) in [6.45, 7) is 5.01. The third kappa shape index (κ3) is 2.62. The smallest absolute Gasteiger partial charge is 0.342 e. The van der Waals surface area contributed by atoms with Gasteiger partial charge in [0.15, 0.2) is 5.78 Å². The third-order valence-electron chi connectivity index (χ3n) is 3.69.